The first kappa shape index (κ1) is 9.75. The highest BCUT2D eigenvalue weighted by Crippen LogP contribution is 2.19. The maximum absolute atomic E-state index is 3.42. The average molecular weight is 228 g/mol. The smallest absolute Gasteiger partial charge is 0.0313 e. The van der Waals surface area contributed by atoms with Gasteiger partial charge in [-0.3, -0.25) is 0 Å². The molecule has 12 heavy (non-hydrogen) atoms. The molecule has 0 fully saturated rings. The number of benzene rings is 1. The lowest BCUT2D eigenvalue weighted by Gasteiger charge is -2.19. The van der Waals surface area contributed by atoms with Crippen molar-refractivity contribution in [2.24, 2.45) is 0 Å². The topological polar surface area (TPSA) is 3.24 Å². The summed E-state index contributed by atoms with van der Waals surface area (Å²) in [4.78, 5) is 2.20. The third-order valence-corrected chi connectivity index (χ3v) is 2.66. The van der Waals surface area contributed by atoms with Gasteiger partial charge in [0.1, 0.15) is 0 Å². The summed E-state index contributed by atoms with van der Waals surface area (Å²) in [6.07, 6.45) is 0. The van der Waals surface area contributed by atoms with Gasteiger partial charge in [0.15, 0.2) is 0 Å². The van der Waals surface area contributed by atoms with Crippen molar-refractivity contribution in [3.05, 3.63) is 34.3 Å². The minimum Gasteiger partial charge on any atom is -0.303 e. The van der Waals surface area contributed by atoms with Gasteiger partial charge in [-0.2, -0.15) is 0 Å². The average Bonchev–Trinajstić information content (AvgIpc) is 2.04. The zero-order valence-corrected chi connectivity index (χ0v) is 9.30. The van der Waals surface area contributed by atoms with Crippen molar-refractivity contribution < 1.29 is 0 Å². The summed E-state index contributed by atoms with van der Waals surface area (Å²) in [7, 11) is 4.18. The van der Waals surface area contributed by atoms with Gasteiger partial charge in [-0.05, 0) is 38.7 Å². The molecule has 1 aromatic carbocycles. The Morgan fingerprint density at radius 2 is 1.67 bits per heavy atom. The van der Waals surface area contributed by atoms with Crippen molar-refractivity contribution in [2.45, 2.75) is 13.0 Å². The summed E-state index contributed by atoms with van der Waals surface area (Å²) < 4.78 is 1.14. The second-order valence-electron chi connectivity index (χ2n) is 3.19. The normalized spacial score (nSPS) is 13.4. The molecule has 0 saturated heterocycles. The van der Waals surface area contributed by atoms with Crippen LogP contribution in [0.5, 0.6) is 0 Å². The molecule has 2 heteroatoms. The number of halogens is 1. The first-order chi connectivity index (χ1) is 5.61. The molecule has 0 aliphatic heterocycles. The van der Waals surface area contributed by atoms with Crippen molar-refractivity contribution >= 4 is 15.9 Å². The maximum Gasteiger partial charge on any atom is 0.0313 e. The van der Waals surface area contributed by atoms with E-state index in [2.05, 4.69) is 66.1 Å². The van der Waals surface area contributed by atoms with E-state index in [-0.39, 0.29) is 0 Å². The van der Waals surface area contributed by atoms with Gasteiger partial charge in [-0.1, -0.05) is 28.1 Å². The van der Waals surface area contributed by atoms with Crippen LogP contribution in [-0.2, 0) is 0 Å². The lowest BCUT2D eigenvalue weighted by Crippen LogP contribution is -2.16. The molecule has 0 unspecified atom stereocenters. The first-order valence-corrected chi connectivity index (χ1v) is 4.82. The molecule has 66 valence electrons. The Morgan fingerprint density at radius 3 is 2.08 bits per heavy atom. The zero-order chi connectivity index (χ0) is 9.14. The summed E-state index contributed by atoms with van der Waals surface area (Å²) in [5, 5.41) is 0. The van der Waals surface area contributed by atoms with E-state index in [1.165, 1.54) is 5.56 Å². The third kappa shape index (κ3) is 2.32. The van der Waals surface area contributed by atoms with Gasteiger partial charge in [-0.25, -0.2) is 0 Å². The van der Waals surface area contributed by atoms with E-state index in [0.29, 0.717) is 6.04 Å². The highest BCUT2D eigenvalue weighted by molar-refractivity contribution is 9.10. The van der Waals surface area contributed by atoms with Crippen molar-refractivity contribution in [3.8, 4) is 0 Å². The highest BCUT2D eigenvalue weighted by Gasteiger charge is 2.05. The van der Waals surface area contributed by atoms with Crippen LogP contribution in [0.15, 0.2) is 28.7 Å². The number of nitrogens with zero attached hydrogens (tertiary/aromatic N) is 1. The van der Waals surface area contributed by atoms with Gasteiger partial charge in [0, 0.05) is 10.5 Å². The van der Waals surface area contributed by atoms with Crippen molar-refractivity contribution in [1.29, 1.82) is 0 Å². The predicted molar refractivity (Wildman–Crippen MR) is 56.2 cm³/mol. The van der Waals surface area contributed by atoms with E-state index in [9.17, 15) is 0 Å². The van der Waals surface area contributed by atoms with Gasteiger partial charge in [0.05, 0.1) is 0 Å². The maximum atomic E-state index is 3.42. The summed E-state index contributed by atoms with van der Waals surface area (Å²) in [5.74, 6) is 0. The van der Waals surface area contributed by atoms with Crippen LogP contribution in [0.3, 0.4) is 0 Å². The van der Waals surface area contributed by atoms with Crippen LogP contribution in [0, 0.1) is 0 Å². The van der Waals surface area contributed by atoms with Gasteiger partial charge in [0.25, 0.3) is 0 Å². The van der Waals surface area contributed by atoms with Crippen LogP contribution in [0.25, 0.3) is 0 Å². The van der Waals surface area contributed by atoms with Gasteiger partial charge >= 0.3 is 0 Å². The molecule has 0 aliphatic rings. The number of rotatable bonds is 2. The molecule has 0 spiro atoms. The van der Waals surface area contributed by atoms with Gasteiger partial charge in [0.2, 0.25) is 0 Å². The zero-order valence-electron chi connectivity index (χ0n) is 7.71. The fraction of sp³-hybridized carbons (Fsp3) is 0.400. The molecular formula is C10H14BrN. The minimum atomic E-state index is 0.484. The predicted octanol–water partition coefficient (Wildman–Crippen LogP) is 3.07. The summed E-state index contributed by atoms with van der Waals surface area (Å²) >= 11 is 3.42. The molecule has 0 amide bonds. The Morgan fingerprint density at radius 1 is 1.17 bits per heavy atom. The second-order valence-corrected chi connectivity index (χ2v) is 4.11. The molecule has 0 N–H and O–H groups in total. The van der Waals surface area contributed by atoms with Gasteiger partial charge in [-0.15, -0.1) is 0 Å². The van der Waals surface area contributed by atoms with Crippen LogP contribution < -0.4 is 0 Å². The molecule has 0 aromatic heterocycles. The number of hydrogen-bond donors (Lipinski definition) is 0. The largest absolute Gasteiger partial charge is 0.303 e. The van der Waals surface area contributed by atoms with Crippen LogP contribution in [-0.4, -0.2) is 19.0 Å². The van der Waals surface area contributed by atoms with E-state index in [4.69, 9.17) is 0 Å². The molecule has 1 aromatic rings. The standard InChI is InChI=1S/C10H14BrN/c1-8(12(2)3)9-4-6-10(11)7-5-9/h4-8H,1-3H3/t8-/m0/s1. The van der Waals surface area contributed by atoms with Crippen molar-refractivity contribution in [3.63, 3.8) is 0 Å². The van der Waals surface area contributed by atoms with E-state index in [1.807, 2.05) is 0 Å². The molecule has 0 aliphatic carbocycles. The molecule has 0 saturated carbocycles. The Balaban J connectivity index is 2.82. The Bertz CT molecular complexity index is 241. The fourth-order valence-electron chi connectivity index (χ4n) is 1.04. The summed E-state index contributed by atoms with van der Waals surface area (Å²) in [6.45, 7) is 2.20. The Kier molecular flexibility index (Phi) is 3.29. The molecule has 1 rings (SSSR count). The Labute approximate surface area is 82.5 Å². The first-order valence-electron chi connectivity index (χ1n) is 4.03. The fourth-order valence-corrected chi connectivity index (χ4v) is 1.30. The van der Waals surface area contributed by atoms with Crippen LogP contribution in [0.4, 0.5) is 0 Å². The van der Waals surface area contributed by atoms with Crippen LogP contribution in [0.1, 0.15) is 18.5 Å². The lowest BCUT2D eigenvalue weighted by molar-refractivity contribution is 0.321. The molecule has 0 bridgehead atoms. The molecule has 1 atom stereocenters. The summed E-state index contributed by atoms with van der Waals surface area (Å²) in [6, 6.07) is 8.94. The third-order valence-electron chi connectivity index (χ3n) is 2.13. The van der Waals surface area contributed by atoms with Crippen molar-refractivity contribution in [2.75, 3.05) is 14.1 Å². The monoisotopic (exact) mass is 227 g/mol. The SMILES string of the molecule is C[C@@H](c1ccc(Br)cc1)N(C)C. The number of hydrogen-bond acceptors (Lipinski definition) is 1. The lowest BCUT2D eigenvalue weighted by atomic mass is 10.1. The minimum absolute atomic E-state index is 0.484. The van der Waals surface area contributed by atoms with Crippen LogP contribution >= 0.6 is 15.9 Å². The van der Waals surface area contributed by atoms with Gasteiger partial charge < -0.3 is 4.90 Å². The molecule has 1 nitrogen and oxygen atoms in total. The van der Waals surface area contributed by atoms with Crippen molar-refractivity contribution in [1.82, 2.24) is 4.90 Å². The van der Waals surface area contributed by atoms with E-state index in [1.54, 1.807) is 0 Å². The Hall–Kier alpha value is -0.340. The molecular weight excluding hydrogens is 214 g/mol. The molecule has 0 radical (unpaired) electrons. The highest BCUT2D eigenvalue weighted by atomic mass is 79.9. The van der Waals surface area contributed by atoms with E-state index < -0.39 is 0 Å². The van der Waals surface area contributed by atoms with E-state index >= 15 is 0 Å². The van der Waals surface area contributed by atoms with Crippen LogP contribution in [0.2, 0.25) is 0 Å². The molecule has 0 heterocycles. The summed E-state index contributed by atoms with van der Waals surface area (Å²) in [5.41, 5.74) is 1.35. The van der Waals surface area contributed by atoms with E-state index in [0.717, 1.165) is 4.47 Å². The second kappa shape index (κ2) is 4.06. The quantitative estimate of drug-likeness (QED) is 0.751.